The Balaban J connectivity index is 2.59. The van der Waals surface area contributed by atoms with Crippen LogP contribution < -0.4 is 11.1 Å². The monoisotopic (exact) mass is 270 g/mol. The maximum absolute atomic E-state index is 13.4. The Kier molecular flexibility index (Phi) is 5.00. The first-order chi connectivity index (χ1) is 8.70. The number of nitrogens with one attached hydrogen (secondary N) is 1. The molecule has 1 atom stereocenters. The predicted octanol–water partition coefficient (Wildman–Crippen LogP) is 2.46. The predicted molar refractivity (Wildman–Crippen MR) is 70.7 cm³/mol. The van der Waals surface area contributed by atoms with E-state index < -0.39 is 17.5 Å². The van der Waals surface area contributed by atoms with Crippen LogP contribution in [0.4, 0.5) is 8.78 Å². The van der Waals surface area contributed by atoms with Crippen LogP contribution in [0.2, 0.25) is 0 Å². The van der Waals surface area contributed by atoms with E-state index in [4.69, 9.17) is 5.73 Å². The minimum atomic E-state index is -1.13. The van der Waals surface area contributed by atoms with Gasteiger partial charge in [-0.3, -0.25) is 4.79 Å². The first-order valence-electron chi connectivity index (χ1n) is 6.18. The minimum absolute atomic E-state index is 0.0499. The molecule has 0 fully saturated rings. The first kappa shape index (κ1) is 15.6. The van der Waals surface area contributed by atoms with Gasteiger partial charge in [0.25, 0.3) is 5.91 Å². The van der Waals surface area contributed by atoms with E-state index in [2.05, 4.69) is 5.32 Å². The molecule has 106 valence electrons. The zero-order valence-electron chi connectivity index (χ0n) is 11.5. The average molecular weight is 270 g/mol. The fraction of sp³-hybridized carbons (Fsp3) is 0.500. The largest absolute Gasteiger partial charge is 0.350 e. The summed E-state index contributed by atoms with van der Waals surface area (Å²) in [5, 5.41) is 2.52. The molecule has 0 saturated heterocycles. The quantitative estimate of drug-likeness (QED) is 0.883. The van der Waals surface area contributed by atoms with Crippen LogP contribution >= 0.6 is 0 Å². The van der Waals surface area contributed by atoms with E-state index in [0.29, 0.717) is 0 Å². The number of carbonyl (C=O) groups is 1. The second-order valence-corrected chi connectivity index (χ2v) is 5.84. The summed E-state index contributed by atoms with van der Waals surface area (Å²) in [4.78, 5) is 11.7. The second kappa shape index (κ2) is 6.10. The van der Waals surface area contributed by atoms with Gasteiger partial charge in [0, 0.05) is 12.6 Å². The van der Waals surface area contributed by atoms with E-state index in [0.717, 1.165) is 12.5 Å². The zero-order chi connectivity index (χ0) is 14.6. The van der Waals surface area contributed by atoms with Crippen molar-refractivity contribution in [2.24, 2.45) is 11.1 Å². The molecule has 1 aromatic rings. The number of halogens is 2. The van der Waals surface area contributed by atoms with Gasteiger partial charge < -0.3 is 11.1 Å². The van der Waals surface area contributed by atoms with Crippen molar-refractivity contribution in [1.82, 2.24) is 5.32 Å². The SMILES string of the molecule is CC(C)(C)CC(N)CNC(=O)c1cccc(F)c1F. The molecule has 0 saturated carbocycles. The lowest BCUT2D eigenvalue weighted by Gasteiger charge is -2.23. The number of benzene rings is 1. The molecule has 0 aliphatic rings. The summed E-state index contributed by atoms with van der Waals surface area (Å²) in [5.74, 6) is -2.82. The molecule has 3 nitrogen and oxygen atoms in total. The first-order valence-corrected chi connectivity index (χ1v) is 6.18. The number of carbonyl (C=O) groups excluding carboxylic acids is 1. The standard InChI is InChI=1S/C14H20F2N2O/c1-14(2,3)7-9(17)8-18-13(19)10-5-4-6-11(15)12(10)16/h4-6,9H,7-8,17H2,1-3H3,(H,18,19). The van der Waals surface area contributed by atoms with Crippen molar-refractivity contribution in [3.05, 3.63) is 35.4 Å². The molecular weight excluding hydrogens is 250 g/mol. The van der Waals surface area contributed by atoms with Crippen LogP contribution in [-0.2, 0) is 0 Å². The average Bonchev–Trinajstić information content (AvgIpc) is 2.27. The lowest BCUT2D eigenvalue weighted by atomic mass is 9.88. The maximum Gasteiger partial charge on any atom is 0.254 e. The number of nitrogens with two attached hydrogens (primary N) is 1. The summed E-state index contributed by atoms with van der Waals surface area (Å²) >= 11 is 0. The summed E-state index contributed by atoms with van der Waals surface area (Å²) in [6.07, 6.45) is 0.721. The van der Waals surface area contributed by atoms with Gasteiger partial charge in [-0.2, -0.15) is 0 Å². The molecule has 0 aliphatic carbocycles. The molecule has 0 aliphatic heterocycles. The van der Waals surface area contributed by atoms with E-state index in [1.54, 1.807) is 0 Å². The number of rotatable bonds is 4. The van der Waals surface area contributed by atoms with Crippen molar-refractivity contribution in [2.75, 3.05) is 6.54 Å². The molecule has 0 radical (unpaired) electrons. The highest BCUT2D eigenvalue weighted by molar-refractivity contribution is 5.94. The Morgan fingerprint density at radius 1 is 1.37 bits per heavy atom. The lowest BCUT2D eigenvalue weighted by Crippen LogP contribution is -2.39. The van der Waals surface area contributed by atoms with Gasteiger partial charge >= 0.3 is 0 Å². The highest BCUT2D eigenvalue weighted by Gasteiger charge is 2.18. The van der Waals surface area contributed by atoms with Crippen molar-refractivity contribution >= 4 is 5.91 Å². The molecular formula is C14H20F2N2O. The van der Waals surface area contributed by atoms with Gasteiger partial charge in [-0.1, -0.05) is 26.8 Å². The third-order valence-electron chi connectivity index (χ3n) is 2.60. The Hall–Kier alpha value is -1.49. The zero-order valence-corrected chi connectivity index (χ0v) is 11.5. The summed E-state index contributed by atoms with van der Waals surface area (Å²) in [6.45, 7) is 6.36. The topological polar surface area (TPSA) is 55.1 Å². The molecule has 3 N–H and O–H groups in total. The van der Waals surface area contributed by atoms with Gasteiger partial charge in [-0.05, 0) is 24.0 Å². The van der Waals surface area contributed by atoms with E-state index in [1.165, 1.54) is 12.1 Å². The Labute approximate surface area is 112 Å². The summed E-state index contributed by atoms with van der Waals surface area (Å²) in [6, 6.07) is 3.28. The van der Waals surface area contributed by atoms with Crippen LogP contribution in [0.15, 0.2) is 18.2 Å². The second-order valence-electron chi connectivity index (χ2n) is 5.84. The van der Waals surface area contributed by atoms with E-state index in [9.17, 15) is 13.6 Å². The maximum atomic E-state index is 13.4. The van der Waals surface area contributed by atoms with Crippen molar-refractivity contribution in [1.29, 1.82) is 0 Å². The molecule has 19 heavy (non-hydrogen) atoms. The molecule has 1 aromatic carbocycles. The van der Waals surface area contributed by atoms with Gasteiger partial charge in [-0.25, -0.2) is 8.78 Å². The third kappa shape index (κ3) is 4.95. The van der Waals surface area contributed by atoms with Crippen molar-refractivity contribution < 1.29 is 13.6 Å². The number of hydrogen-bond donors (Lipinski definition) is 2. The lowest BCUT2D eigenvalue weighted by molar-refractivity contribution is 0.0943. The molecule has 0 bridgehead atoms. The van der Waals surface area contributed by atoms with Gasteiger partial charge in [-0.15, -0.1) is 0 Å². The Bertz CT molecular complexity index is 455. The van der Waals surface area contributed by atoms with Crippen LogP contribution in [0.3, 0.4) is 0 Å². The van der Waals surface area contributed by atoms with E-state index in [-0.39, 0.29) is 23.6 Å². The summed E-state index contributed by atoms with van der Waals surface area (Å²) < 4.78 is 26.4. The minimum Gasteiger partial charge on any atom is -0.350 e. The van der Waals surface area contributed by atoms with Crippen molar-refractivity contribution in [3.63, 3.8) is 0 Å². The number of amides is 1. The molecule has 1 unspecified atom stereocenters. The molecule has 5 heteroatoms. The van der Waals surface area contributed by atoms with Crippen molar-refractivity contribution in [3.8, 4) is 0 Å². The van der Waals surface area contributed by atoms with Crippen LogP contribution in [0.25, 0.3) is 0 Å². The normalized spacial score (nSPS) is 13.2. The van der Waals surface area contributed by atoms with Crippen LogP contribution in [-0.4, -0.2) is 18.5 Å². The highest BCUT2D eigenvalue weighted by Crippen LogP contribution is 2.19. The molecule has 1 amide bonds. The fourth-order valence-corrected chi connectivity index (χ4v) is 1.86. The Morgan fingerprint density at radius 3 is 2.58 bits per heavy atom. The van der Waals surface area contributed by atoms with Crippen LogP contribution in [0.1, 0.15) is 37.6 Å². The van der Waals surface area contributed by atoms with E-state index >= 15 is 0 Å². The molecule has 0 spiro atoms. The number of hydrogen-bond acceptors (Lipinski definition) is 2. The Morgan fingerprint density at radius 2 is 2.00 bits per heavy atom. The van der Waals surface area contributed by atoms with Gasteiger partial charge in [0.15, 0.2) is 11.6 Å². The molecule has 0 aromatic heterocycles. The summed E-state index contributed by atoms with van der Waals surface area (Å²) in [7, 11) is 0. The van der Waals surface area contributed by atoms with Gasteiger partial charge in [0.05, 0.1) is 5.56 Å². The summed E-state index contributed by atoms with van der Waals surface area (Å²) in [5.41, 5.74) is 5.62. The third-order valence-corrected chi connectivity index (χ3v) is 2.60. The van der Waals surface area contributed by atoms with Crippen LogP contribution in [0, 0.1) is 17.0 Å². The van der Waals surface area contributed by atoms with Crippen LogP contribution in [0.5, 0.6) is 0 Å². The van der Waals surface area contributed by atoms with Crippen molar-refractivity contribution in [2.45, 2.75) is 33.2 Å². The molecule has 0 heterocycles. The van der Waals surface area contributed by atoms with Gasteiger partial charge in [0.2, 0.25) is 0 Å². The highest BCUT2D eigenvalue weighted by atomic mass is 19.2. The molecule has 1 rings (SSSR count). The van der Waals surface area contributed by atoms with Gasteiger partial charge in [0.1, 0.15) is 0 Å². The van der Waals surface area contributed by atoms with E-state index in [1.807, 2.05) is 20.8 Å². The smallest absolute Gasteiger partial charge is 0.254 e. The fourth-order valence-electron chi connectivity index (χ4n) is 1.86.